The first-order valence-corrected chi connectivity index (χ1v) is 5.80. The van der Waals surface area contributed by atoms with E-state index in [4.69, 9.17) is 0 Å². The molecule has 0 heterocycles. The van der Waals surface area contributed by atoms with Gasteiger partial charge in [-0.25, -0.2) is 0 Å². The van der Waals surface area contributed by atoms with Crippen LogP contribution in [0.15, 0.2) is 29.5 Å². The predicted molar refractivity (Wildman–Crippen MR) is 65.5 cm³/mol. The van der Waals surface area contributed by atoms with Crippen molar-refractivity contribution in [2.45, 2.75) is 39.8 Å². The van der Waals surface area contributed by atoms with Gasteiger partial charge in [0.1, 0.15) is 0 Å². The van der Waals surface area contributed by atoms with Crippen LogP contribution in [0.4, 0.5) is 13.2 Å². The summed E-state index contributed by atoms with van der Waals surface area (Å²) < 4.78 is 37.5. The molecule has 18 heavy (non-hydrogen) atoms. The molecular weight excluding hydrogens is 241 g/mol. The average molecular weight is 258 g/mol. The summed E-state index contributed by atoms with van der Waals surface area (Å²) in [5, 5.41) is 9.78. The first-order valence-electron chi connectivity index (χ1n) is 5.80. The monoisotopic (exact) mass is 258 g/mol. The zero-order valence-corrected chi connectivity index (χ0v) is 10.7. The number of aliphatic hydroxyl groups excluding tert-OH is 1. The molecule has 100 valence electrons. The summed E-state index contributed by atoms with van der Waals surface area (Å²) in [6.45, 7) is 5.36. The van der Waals surface area contributed by atoms with Gasteiger partial charge < -0.3 is 5.11 Å². The molecule has 4 heteroatoms. The van der Waals surface area contributed by atoms with Crippen LogP contribution in [0.1, 0.15) is 37.0 Å². The van der Waals surface area contributed by atoms with E-state index in [1.54, 1.807) is 6.92 Å². The van der Waals surface area contributed by atoms with Gasteiger partial charge >= 0.3 is 6.18 Å². The lowest BCUT2D eigenvalue weighted by atomic mass is 10.00. The molecule has 1 N–H and O–H groups in total. The molecule has 1 aromatic rings. The lowest BCUT2D eigenvalue weighted by molar-refractivity contribution is -0.137. The fourth-order valence-corrected chi connectivity index (χ4v) is 1.61. The van der Waals surface area contributed by atoms with E-state index < -0.39 is 11.7 Å². The lowest BCUT2D eigenvalue weighted by Crippen LogP contribution is -2.06. The molecule has 0 aliphatic rings. The SMILES string of the molecule is CC/C(C)=C(/O)Cc1ccc(C(F)(F)F)cc1C. The second-order valence-electron chi connectivity index (χ2n) is 4.40. The zero-order chi connectivity index (χ0) is 13.9. The van der Waals surface area contributed by atoms with Gasteiger partial charge in [0, 0.05) is 6.42 Å². The van der Waals surface area contributed by atoms with Crippen molar-refractivity contribution >= 4 is 0 Å². The van der Waals surface area contributed by atoms with Gasteiger partial charge in [0.05, 0.1) is 11.3 Å². The first-order chi connectivity index (χ1) is 8.25. The molecule has 0 unspecified atom stereocenters. The molecule has 0 bridgehead atoms. The van der Waals surface area contributed by atoms with Crippen LogP contribution in [0.25, 0.3) is 0 Å². The van der Waals surface area contributed by atoms with Crippen LogP contribution in [0.2, 0.25) is 0 Å². The van der Waals surface area contributed by atoms with E-state index in [9.17, 15) is 18.3 Å². The fraction of sp³-hybridized carbons (Fsp3) is 0.429. The third-order valence-electron chi connectivity index (χ3n) is 3.05. The summed E-state index contributed by atoms with van der Waals surface area (Å²) in [6.07, 6.45) is -3.31. The maximum absolute atomic E-state index is 12.5. The number of rotatable bonds is 3. The predicted octanol–water partition coefficient (Wildman–Crippen LogP) is 4.80. The van der Waals surface area contributed by atoms with Crippen molar-refractivity contribution in [3.05, 3.63) is 46.2 Å². The van der Waals surface area contributed by atoms with E-state index in [1.807, 2.05) is 13.8 Å². The average Bonchev–Trinajstić information content (AvgIpc) is 2.29. The standard InChI is InChI=1S/C14H17F3O/c1-4-9(2)13(18)8-11-5-6-12(7-10(11)3)14(15,16)17/h5-7,18H,4,8H2,1-3H3/b13-9+. The number of benzene rings is 1. The van der Waals surface area contributed by atoms with Crippen LogP contribution >= 0.6 is 0 Å². The normalized spacial score (nSPS) is 13.4. The zero-order valence-electron chi connectivity index (χ0n) is 10.7. The highest BCUT2D eigenvalue weighted by Crippen LogP contribution is 2.30. The molecule has 1 aromatic carbocycles. The topological polar surface area (TPSA) is 20.2 Å². The Hall–Kier alpha value is -1.45. The second-order valence-corrected chi connectivity index (χ2v) is 4.40. The van der Waals surface area contributed by atoms with Gasteiger partial charge in [-0.3, -0.25) is 0 Å². The van der Waals surface area contributed by atoms with Crippen LogP contribution in [0, 0.1) is 6.92 Å². The summed E-state index contributed by atoms with van der Waals surface area (Å²) in [7, 11) is 0. The number of hydrogen-bond acceptors (Lipinski definition) is 1. The Labute approximate surface area is 105 Å². The minimum atomic E-state index is -4.32. The van der Waals surface area contributed by atoms with Crippen molar-refractivity contribution in [2.75, 3.05) is 0 Å². The van der Waals surface area contributed by atoms with Crippen molar-refractivity contribution in [1.82, 2.24) is 0 Å². The smallest absolute Gasteiger partial charge is 0.416 e. The van der Waals surface area contributed by atoms with E-state index in [1.165, 1.54) is 6.07 Å². The summed E-state index contributed by atoms with van der Waals surface area (Å²) in [5.74, 6) is 0.236. The summed E-state index contributed by atoms with van der Waals surface area (Å²) in [4.78, 5) is 0. The highest BCUT2D eigenvalue weighted by Gasteiger charge is 2.30. The minimum absolute atomic E-state index is 0.236. The van der Waals surface area contributed by atoms with Crippen LogP contribution in [-0.2, 0) is 12.6 Å². The molecule has 0 atom stereocenters. The Bertz CT molecular complexity index is 459. The molecular formula is C14H17F3O. The maximum Gasteiger partial charge on any atom is 0.416 e. The largest absolute Gasteiger partial charge is 0.512 e. The molecule has 0 aliphatic carbocycles. The Morgan fingerprint density at radius 1 is 1.28 bits per heavy atom. The highest BCUT2D eigenvalue weighted by atomic mass is 19.4. The van der Waals surface area contributed by atoms with E-state index in [2.05, 4.69) is 0 Å². The van der Waals surface area contributed by atoms with Gasteiger partial charge in [0.25, 0.3) is 0 Å². The first kappa shape index (κ1) is 14.6. The number of aryl methyl sites for hydroxylation is 1. The lowest BCUT2D eigenvalue weighted by Gasteiger charge is -2.11. The van der Waals surface area contributed by atoms with E-state index in [0.29, 0.717) is 11.1 Å². The molecule has 0 radical (unpaired) electrons. The van der Waals surface area contributed by atoms with Gasteiger partial charge in [0.2, 0.25) is 0 Å². The Morgan fingerprint density at radius 2 is 1.89 bits per heavy atom. The van der Waals surface area contributed by atoms with Crippen LogP contribution in [-0.4, -0.2) is 5.11 Å². The third kappa shape index (κ3) is 3.52. The Morgan fingerprint density at radius 3 is 2.33 bits per heavy atom. The second kappa shape index (κ2) is 5.46. The van der Waals surface area contributed by atoms with Crippen LogP contribution in [0.5, 0.6) is 0 Å². The van der Waals surface area contributed by atoms with Gasteiger partial charge in [-0.1, -0.05) is 13.0 Å². The van der Waals surface area contributed by atoms with Crippen molar-refractivity contribution in [3.63, 3.8) is 0 Å². The quantitative estimate of drug-likeness (QED) is 0.772. The van der Waals surface area contributed by atoms with E-state index in [-0.39, 0.29) is 12.2 Å². The molecule has 0 saturated carbocycles. The van der Waals surface area contributed by atoms with E-state index in [0.717, 1.165) is 24.1 Å². The minimum Gasteiger partial charge on any atom is -0.512 e. The molecule has 0 aromatic heterocycles. The molecule has 0 amide bonds. The van der Waals surface area contributed by atoms with Gasteiger partial charge in [0.15, 0.2) is 0 Å². The van der Waals surface area contributed by atoms with Crippen molar-refractivity contribution < 1.29 is 18.3 Å². The number of allylic oxidation sites excluding steroid dienone is 2. The van der Waals surface area contributed by atoms with Gasteiger partial charge in [-0.05, 0) is 49.1 Å². The summed E-state index contributed by atoms with van der Waals surface area (Å²) in [6, 6.07) is 3.60. The van der Waals surface area contributed by atoms with Gasteiger partial charge in [-0.15, -0.1) is 0 Å². The van der Waals surface area contributed by atoms with E-state index >= 15 is 0 Å². The van der Waals surface area contributed by atoms with Crippen LogP contribution in [0.3, 0.4) is 0 Å². The molecule has 0 spiro atoms. The number of aliphatic hydroxyl groups is 1. The van der Waals surface area contributed by atoms with Crippen LogP contribution < -0.4 is 0 Å². The van der Waals surface area contributed by atoms with Crippen molar-refractivity contribution in [3.8, 4) is 0 Å². The van der Waals surface area contributed by atoms with Crippen molar-refractivity contribution in [1.29, 1.82) is 0 Å². The molecule has 1 rings (SSSR count). The number of hydrogen-bond donors (Lipinski definition) is 1. The molecule has 0 fully saturated rings. The maximum atomic E-state index is 12.5. The summed E-state index contributed by atoms with van der Waals surface area (Å²) >= 11 is 0. The van der Waals surface area contributed by atoms with Gasteiger partial charge in [-0.2, -0.15) is 13.2 Å². The molecule has 0 saturated heterocycles. The number of alkyl halides is 3. The summed E-state index contributed by atoms with van der Waals surface area (Å²) in [5.41, 5.74) is 1.46. The number of halogens is 3. The Kier molecular flexibility index (Phi) is 4.43. The molecule has 1 nitrogen and oxygen atoms in total. The van der Waals surface area contributed by atoms with Crippen molar-refractivity contribution in [2.24, 2.45) is 0 Å². The Balaban J connectivity index is 3.01. The third-order valence-corrected chi connectivity index (χ3v) is 3.05. The highest BCUT2D eigenvalue weighted by molar-refractivity contribution is 5.34. The molecule has 0 aliphatic heterocycles. The fourth-order valence-electron chi connectivity index (χ4n) is 1.61.